The van der Waals surface area contributed by atoms with E-state index in [-0.39, 0.29) is 5.91 Å². The van der Waals surface area contributed by atoms with Crippen LogP contribution in [-0.4, -0.2) is 22.4 Å². The van der Waals surface area contributed by atoms with Crippen molar-refractivity contribution in [1.82, 2.24) is 9.97 Å². The smallest absolute Gasteiger partial charge is 0.259 e. The number of hydrogen-bond acceptors (Lipinski definition) is 3. The van der Waals surface area contributed by atoms with E-state index in [2.05, 4.69) is 9.97 Å². The lowest BCUT2D eigenvalue weighted by Crippen LogP contribution is -2.31. The molecule has 0 N–H and O–H groups in total. The van der Waals surface area contributed by atoms with Crippen LogP contribution in [0.2, 0.25) is 5.02 Å². The number of rotatable bonds is 4. The van der Waals surface area contributed by atoms with Gasteiger partial charge in [0.2, 0.25) is 0 Å². The number of pyridine rings is 2. The van der Waals surface area contributed by atoms with E-state index in [0.717, 1.165) is 11.3 Å². The second kappa shape index (κ2) is 7.23. The standard InChI is InChI=1S/C19H16ClN3O/c1-2-23(18-9-4-3-7-16(18)20)19(24)15-11-14(12-21-13-15)17-8-5-6-10-22-17/h3-13H,2H2,1H3. The SMILES string of the molecule is CCN(C(=O)c1cncc(-c2ccccn2)c1)c1ccccc1Cl. The van der Waals surface area contributed by atoms with Gasteiger partial charge in [0.25, 0.3) is 5.91 Å². The first-order chi connectivity index (χ1) is 11.7. The summed E-state index contributed by atoms with van der Waals surface area (Å²) >= 11 is 6.24. The van der Waals surface area contributed by atoms with Crippen LogP contribution in [0.25, 0.3) is 11.3 Å². The lowest BCUT2D eigenvalue weighted by atomic mass is 10.1. The Bertz CT molecular complexity index is 852. The highest BCUT2D eigenvalue weighted by atomic mass is 35.5. The number of nitrogens with zero attached hydrogens (tertiary/aromatic N) is 3. The molecule has 0 saturated heterocycles. The highest BCUT2D eigenvalue weighted by Crippen LogP contribution is 2.27. The van der Waals surface area contributed by atoms with Gasteiger partial charge in [-0.1, -0.05) is 29.8 Å². The van der Waals surface area contributed by atoms with Gasteiger partial charge in [0.1, 0.15) is 0 Å². The maximum atomic E-state index is 12.9. The predicted molar refractivity (Wildman–Crippen MR) is 96.3 cm³/mol. The molecule has 0 radical (unpaired) electrons. The summed E-state index contributed by atoms with van der Waals surface area (Å²) in [5.41, 5.74) is 2.77. The largest absolute Gasteiger partial charge is 0.307 e. The van der Waals surface area contributed by atoms with Crippen LogP contribution in [0.1, 0.15) is 17.3 Å². The summed E-state index contributed by atoms with van der Waals surface area (Å²) in [6, 6.07) is 14.7. The second-order valence-electron chi connectivity index (χ2n) is 5.18. The Morgan fingerprint density at radius 3 is 2.62 bits per heavy atom. The van der Waals surface area contributed by atoms with Crippen LogP contribution < -0.4 is 4.90 Å². The molecule has 3 aromatic rings. The number of carbonyl (C=O) groups is 1. The fourth-order valence-corrected chi connectivity index (χ4v) is 2.72. The molecule has 3 rings (SSSR count). The molecule has 2 aromatic heterocycles. The van der Waals surface area contributed by atoms with Crippen molar-refractivity contribution >= 4 is 23.2 Å². The minimum absolute atomic E-state index is 0.143. The van der Waals surface area contributed by atoms with Crippen molar-refractivity contribution < 1.29 is 4.79 Å². The molecule has 0 aliphatic rings. The van der Waals surface area contributed by atoms with Crippen molar-refractivity contribution in [1.29, 1.82) is 0 Å². The molecule has 0 bridgehead atoms. The second-order valence-corrected chi connectivity index (χ2v) is 5.59. The molecule has 4 nitrogen and oxygen atoms in total. The zero-order valence-electron chi connectivity index (χ0n) is 13.2. The summed E-state index contributed by atoms with van der Waals surface area (Å²) in [4.78, 5) is 23.1. The van der Waals surface area contributed by atoms with E-state index in [0.29, 0.717) is 22.8 Å². The van der Waals surface area contributed by atoms with Crippen LogP contribution in [0, 0.1) is 0 Å². The summed E-state index contributed by atoms with van der Waals surface area (Å²) in [6.07, 6.45) is 4.98. The lowest BCUT2D eigenvalue weighted by molar-refractivity contribution is 0.0988. The Labute approximate surface area is 145 Å². The van der Waals surface area contributed by atoms with E-state index >= 15 is 0 Å². The molecule has 0 fully saturated rings. The number of benzene rings is 1. The summed E-state index contributed by atoms with van der Waals surface area (Å²) in [6.45, 7) is 2.42. The maximum absolute atomic E-state index is 12.9. The van der Waals surface area contributed by atoms with Gasteiger partial charge in [-0.25, -0.2) is 0 Å². The van der Waals surface area contributed by atoms with Crippen LogP contribution in [0.15, 0.2) is 67.1 Å². The number of halogens is 1. The minimum Gasteiger partial charge on any atom is -0.307 e. The van der Waals surface area contributed by atoms with Gasteiger partial charge < -0.3 is 4.90 Å². The van der Waals surface area contributed by atoms with Gasteiger partial charge >= 0.3 is 0 Å². The van der Waals surface area contributed by atoms with Crippen LogP contribution in [0.3, 0.4) is 0 Å². The minimum atomic E-state index is -0.143. The number of amides is 1. The molecule has 0 aliphatic carbocycles. The molecule has 120 valence electrons. The first-order valence-electron chi connectivity index (χ1n) is 7.63. The third kappa shape index (κ3) is 3.29. The fraction of sp³-hybridized carbons (Fsp3) is 0.105. The molecule has 1 amide bonds. The summed E-state index contributed by atoms with van der Waals surface area (Å²) in [5, 5.41) is 0.543. The van der Waals surface area contributed by atoms with E-state index in [4.69, 9.17) is 11.6 Å². The number of carbonyl (C=O) groups excluding carboxylic acids is 1. The van der Waals surface area contributed by atoms with Crippen molar-refractivity contribution in [3.05, 3.63) is 77.7 Å². The molecule has 0 atom stereocenters. The number of hydrogen-bond donors (Lipinski definition) is 0. The zero-order valence-corrected chi connectivity index (χ0v) is 13.9. The molecule has 0 spiro atoms. The van der Waals surface area contributed by atoms with Crippen molar-refractivity contribution in [3.63, 3.8) is 0 Å². The first-order valence-corrected chi connectivity index (χ1v) is 8.01. The molecule has 0 unspecified atom stereocenters. The van der Waals surface area contributed by atoms with Crippen LogP contribution in [0.5, 0.6) is 0 Å². The van der Waals surface area contributed by atoms with Crippen LogP contribution in [0.4, 0.5) is 5.69 Å². The van der Waals surface area contributed by atoms with Gasteiger partial charge in [-0.05, 0) is 37.3 Å². The zero-order chi connectivity index (χ0) is 16.9. The average Bonchev–Trinajstić information content (AvgIpc) is 2.64. The molecule has 0 aliphatic heterocycles. The molecule has 0 saturated carbocycles. The lowest BCUT2D eigenvalue weighted by Gasteiger charge is -2.22. The number of anilines is 1. The van der Waals surface area contributed by atoms with Crippen molar-refractivity contribution in [2.45, 2.75) is 6.92 Å². The summed E-state index contributed by atoms with van der Waals surface area (Å²) < 4.78 is 0. The van der Waals surface area contributed by atoms with E-state index < -0.39 is 0 Å². The Hall–Kier alpha value is -2.72. The van der Waals surface area contributed by atoms with E-state index in [1.807, 2.05) is 43.3 Å². The number of para-hydroxylation sites is 1. The van der Waals surface area contributed by atoms with E-state index in [9.17, 15) is 4.79 Å². The highest BCUT2D eigenvalue weighted by molar-refractivity contribution is 6.34. The average molecular weight is 338 g/mol. The molecule has 24 heavy (non-hydrogen) atoms. The molecular formula is C19H16ClN3O. The third-order valence-corrected chi connectivity index (χ3v) is 3.97. The van der Waals surface area contributed by atoms with Crippen molar-refractivity contribution in [2.75, 3.05) is 11.4 Å². The summed E-state index contributed by atoms with van der Waals surface area (Å²) in [5.74, 6) is -0.143. The van der Waals surface area contributed by atoms with Crippen molar-refractivity contribution in [2.24, 2.45) is 0 Å². The van der Waals surface area contributed by atoms with E-state index in [1.165, 1.54) is 0 Å². The normalized spacial score (nSPS) is 10.4. The highest BCUT2D eigenvalue weighted by Gasteiger charge is 2.19. The quantitative estimate of drug-likeness (QED) is 0.706. The summed E-state index contributed by atoms with van der Waals surface area (Å²) in [7, 11) is 0. The Morgan fingerprint density at radius 2 is 1.92 bits per heavy atom. The van der Waals surface area contributed by atoms with Gasteiger partial charge in [0, 0.05) is 30.7 Å². The number of aromatic nitrogens is 2. The maximum Gasteiger partial charge on any atom is 0.259 e. The molecular weight excluding hydrogens is 322 g/mol. The first kappa shape index (κ1) is 16.1. The fourth-order valence-electron chi connectivity index (χ4n) is 2.48. The van der Waals surface area contributed by atoms with Crippen LogP contribution >= 0.6 is 11.6 Å². The monoisotopic (exact) mass is 337 g/mol. The molecule has 2 heterocycles. The van der Waals surface area contributed by atoms with Crippen molar-refractivity contribution in [3.8, 4) is 11.3 Å². The molecule has 1 aromatic carbocycles. The van der Waals surface area contributed by atoms with Crippen LogP contribution in [-0.2, 0) is 0 Å². The van der Waals surface area contributed by atoms with Gasteiger partial charge in [-0.2, -0.15) is 0 Å². The molecule has 5 heteroatoms. The van der Waals surface area contributed by atoms with E-state index in [1.54, 1.807) is 35.6 Å². The third-order valence-electron chi connectivity index (χ3n) is 3.65. The predicted octanol–water partition coefficient (Wildman–Crippen LogP) is 4.46. The Balaban J connectivity index is 1.96. The topological polar surface area (TPSA) is 46.1 Å². The van der Waals surface area contributed by atoms with Gasteiger partial charge in [0.05, 0.1) is 22.0 Å². The Kier molecular flexibility index (Phi) is 4.87. The van der Waals surface area contributed by atoms with Gasteiger partial charge in [-0.3, -0.25) is 14.8 Å². The Morgan fingerprint density at radius 1 is 1.12 bits per heavy atom. The van der Waals surface area contributed by atoms with Gasteiger partial charge in [0.15, 0.2) is 0 Å². The van der Waals surface area contributed by atoms with Gasteiger partial charge in [-0.15, -0.1) is 0 Å².